The molecule has 0 aromatic heterocycles. The predicted molar refractivity (Wildman–Crippen MR) is 120 cm³/mol. The summed E-state index contributed by atoms with van der Waals surface area (Å²) in [4.78, 5) is 13.8. The minimum absolute atomic E-state index is 0.0247. The number of hydrogen-bond acceptors (Lipinski definition) is 5. The molecule has 2 atom stereocenters. The van der Waals surface area contributed by atoms with Gasteiger partial charge in [0.15, 0.2) is 0 Å². The number of benzene rings is 2. The third kappa shape index (κ3) is 4.92. The van der Waals surface area contributed by atoms with Crippen LogP contribution in [0.3, 0.4) is 0 Å². The number of carbonyl (C=O) groups excluding carboxylic acids is 1. The molecule has 31 heavy (non-hydrogen) atoms. The Hall–Kier alpha value is -2.41. The maximum Gasteiger partial charge on any atom is 0.224 e. The van der Waals surface area contributed by atoms with Crippen molar-refractivity contribution in [1.29, 1.82) is 0 Å². The second kappa shape index (κ2) is 8.99. The predicted octanol–water partition coefficient (Wildman–Crippen LogP) is 3.73. The Morgan fingerprint density at radius 3 is 2.61 bits per heavy atom. The Bertz CT molecular complexity index is 920. The molecular formula is C25H32N2O4. The number of carbonyl (C=O) groups is 1. The molecule has 2 aromatic carbocycles. The van der Waals surface area contributed by atoms with Crippen LogP contribution in [0.1, 0.15) is 61.5 Å². The van der Waals surface area contributed by atoms with Crippen molar-refractivity contribution in [3.63, 3.8) is 0 Å². The Morgan fingerprint density at radius 1 is 1.23 bits per heavy atom. The van der Waals surface area contributed by atoms with Crippen LogP contribution in [0.25, 0.3) is 0 Å². The van der Waals surface area contributed by atoms with Gasteiger partial charge in [-0.3, -0.25) is 4.79 Å². The van der Waals surface area contributed by atoms with E-state index in [-0.39, 0.29) is 11.5 Å². The summed E-state index contributed by atoms with van der Waals surface area (Å²) in [6.07, 6.45) is 1.62. The number of nitrogens with one attached hydrogen (secondary N) is 1. The molecule has 2 aromatic rings. The number of anilines is 1. The van der Waals surface area contributed by atoms with Gasteiger partial charge in [0.05, 0.1) is 12.2 Å². The van der Waals surface area contributed by atoms with E-state index >= 15 is 0 Å². The number of nitrogens with zero attached hydrogens (tertiary/aromatic N) is 1. The number of aliphatic hydroxyl groups excluding tert-OH is 2. The highest BCUT2D eigenvalue weighted by atomic mass is 16.5. The highest BCUT2D eigenvalue weighted by Crippen LogP contribution is 2.44. The van der Waals surface area contributed by atoms with Gasteiger partial charge in [0.1, 0.15) is 11.4 Å². The summed E-state index contributed by atoms with van der Waals surface area (Å²) < 4.78 is 6.39. The molecule has 166 valence electrons. The second-order valence-electron chi connectivity index (χ2n) is 8.89. The zero-order valence-electron chi connectivity index (χ0n) is 18.3. The van der Waals surface area contributed by atoms with Gasteiger partial charge < -0.3 is 25.2 Å². The van der Waals surface area contributed by atoms with Crippen LogP contribution in [0.2, 0.25) is 0 Å². The van der Waals surface area contributed by atoms with Gasteiger partial charge in [0.2, 0.25) is 5.91 Å². The van der Waals surface area contributed by atoms with E-state index in [1.807, 2.05) is 56.3 Å². The van der Waals surface area contributed by atoms with Crippen molar-refractivity contribution in [3.05, 3.63) is 59.2 Å². The minimum atomic E-state index is -0.591. The number of ether oxygens (including phenoxy) is 1. The van der Waals surface area contributed by atoms with E-state index in [1.165, 1.54) is 0 Å². The van der Waals surface area contributed by atoms with Gasteiger partial charge in [-0.15, -0.1) is 0 Å². The summed E-state index contributed by atoms with van der Waals surface area (Å²) in [5.74, 6) is 0.774. The highest BCUT2D eigenvalue weighted by Gasteiger charge is 2.43. The van der Waals surface area contributed by atoms with Gasteiger partial charge in [-0.1, -0.05) is 30.7 Å². The average molecular weight is 425 g/mol. The van der Waals surface area contributed by atoms with E-state index in [0.29, 0.717) is 19.4 Å². The molecule has 1 amide bonds. The Morgan fingerprint density at radius 2 is 1.94 bits per heavy atom. The van der Waals surface area contributed by atoms with Crippen LogP contribution in [0, 0.1) is 6.92 Å². The molecule has 0 aliphatic carbocycles. The van der Waals surface area contributed by atoms with Crippen molar-refractivity contribution in [2.75, 3.05) is 25.0 Å². The van der Waals surface area contributed by atoms with Gasteiger partial charge in [0.25, 0.3) is 0 Å². The van der Waals surface area contributed by atoms with Gasteiger partial charge in [-0.05, 0) is 49.6 Å². The molecule has 6 nitrogen and oxygen atoms in total. The van der Waals surface area contributed by atoms with Crippen LogP contribution >= 0.6 is 0 Å². The minimum Gasteiger partial charge on any atom is -0.487 e. The number of likely N-dealkylation sites (tertiary alicyclic amines) is 1. The van der Waals surface area contributed by atoms with Gasteiger partial charge in [-0.2, -0.15) is 0 Å². The summed E-state index contributed by atoms with van der Waals surface area (Å²) >= 11 is 0. The van der Waals surface area contributed by atoms with Gasteiger partial charge in [0, 0.05) is 43.7 Å². The average Bonchev–Trinajstić information content (AvgIpc) is 2.76. The number of rotatable bonds is 5. The topological polar surface area (TPSA) is 82.0 Å². The first-order valence-electron chi connectivity index (χ1n) is 11.2. The van der Waals surface area contributed by atoms with Crippen LogP contribution in [-0.4, -0.2) is 46.3 Å². The van der Waals surface area contributed by atoms with Crippen molar-refractivity contribution in [1.82, 2.24) is 4.90 Å². The number of fused-ring (bicyclic) bond motifs is 1. The monoisotopic (exact) mass is 424 g/mol. The molecule has 1 saturated heterocycles. The summed E-state index contributed by atoms with van der Waals surface area (Å²) in [7, 11) is 0. The van der Waals surface area contributed by atoms with Crippen LogP contribution in [0.5, 0.6) is 5.75 Å². The van der Waals surface area contributed by atoms with Crippen LogP contribution in [0.4, 0.5) is 5.69 Å². The molecule has 0 saturated carbocycles. The van der Waals surface area contributed by atoms with E-state index in [2.05, 4.69) is 10.2 Å². The second-order valence-corrected chi connectivity index (χ2v) is 8.89. The molecule has 2 aliphatic rings. The van der Waals surface area contributed by atoms with Gasteiger partial charge >= 0.3 is 0 Å². The molecule has 1 spiro atoms. The molecule has 6 heteroatoms. The summed E-state index contributed by atoms with van der Waals surface area (Å²) in [5, 5.41) is 24.2. The molecule has 4 rings (SSSR count). The summed E-state index contributed by atoms with van der Waals surface area (Å²) in [6.45, 7) is 6.02. The number of aryl methyl sites for hydroxylation is 1. The summed E-state index contributed by atoms with van der Waals surface area (Å²) in [5.41, 5.74) is 3.26. The number of hydrogen-bond donors (Lipinski definition) is 3. The van der Waals surface area contributed by atoms with Crippen LogP contribution in [0.15, 0.2) is 42.5 Å². The lowest BCUT2D eigenvalue weighted by Gasteiger charge is -2.46. The van der Waals surface area contributed by atoms with Crippen molar-refractivity contribution >= 4 is 11.6 Å². The Kier molecular flexibility index (Phi) is 6.32. The number of β-amino-alcohol motifs (C(OH)–C–C–N with tert-alkyl or cyclic N) is 1. The van der Waals surface area contributed by atoms with Crippen molar-refractivity contribution < 1.29 is 19.7 Å². The largest absolute Gasteiger partial charge is 0.487 e. The van der Waals surface area contributed by atoms with E-state index in [4.69, 9.17) is 4.74 Å². The molecule has 3 N–H and O–H groups in total. The normalized spacial score (nSPS) is 21.2. The number of amides is 1. The molecule has 2 heterocycles. The first-order valence-corrected chi connectivity index (χ1v) is 11.2. The lowest BCUT2D eigenvalue weighted by Crippen LogP contribution is -2.51. The zero-order valence-corrected chi connectivity index (χ0v) is 18.3. The lowest BCUT2D eigenvalue weighted by atomic mass is 9.81. The highest BCUT2D eigenvalue weighted by molar-refractivity contribution is 5.90. The number of piperidine rings is 1. The molecule has 0 radical (unpaired) electrons. The van der Waals surface area contributed by atoms with E-state index in [0.717, 1.165) is 54.1 Å². The van der Waals surface area contributed by atoms with Crippen LogP contribution in [-0.2, 0) is 4.79 Å². The fourth-order valence-electron chi connectivity index (χ4n) is 4.60. The molecule has 2 aliphatic heterocycles. The Labute approximate surface area is 183 Å². The van der Waals surface area contributed by atoms with E-state index in [9.17, 15) is 15.0 Å². The fraction of sp³-hybridized carbons (Fsp3) is 0.480. The lowest BCUT2D eigenvalue weighted by molar-refractivity contribution is -0.115. The third-order valence-corrected chi connectivity index (χ3v) is 6.51. The number of aliphatic hydroxyl groups is 2. The molecule has 0 unspecified atom stereocenters. The first-order chi connectivity index (χ1) is 14.9. The summed E-state index contributed by atoms with van der Waals surface area (Å²) in [6, 6.07) is 13.4. The van der Waals surface area contributed by atoms with Gasteiger partial charge in [-0.25, -0.2) is 0 Å². The zero-order chi connectivity index (χ0) is 22.0. The first kappa shape index (κ1) is 21.8. The van der Waals surface area contributed by atoms with Crippen molar-refractivity contribution in [3.8, 4) is 5.75 Å². The maximum atomic E-state index is 11.5. The molecule has 1 fully saturated rings. The molecule has 0 bridgehead atoms. The van der Waals surface area contributed by atoms with Crippen molar-refractivity contribution in [2.45, 2.75) is 57.3 Å². The fourth-order valence-corrected chi connectivity index (χ4v) is 4.60. The van der Waals surface area contributed by atoms with Crippen molar-refractivity contribution in [2.24, 2.45) is 0 Å². The SMILES string of the molecule is CCC(=O)Nc1ccc([C@H](O)CN2CCC3(CC2)C[C@H](O)c2cc(C)ccc2O3)cc1. The Balaban J connectivity index is 1.33. The smallest absolute Gasteiger partial charge is 0.224 e. The molecular weight excluding hydrogens is 392 g/mol. The standard InChI is InChI=1S/C25H32N2O4/c1-3-24(30)26-19-7-5-18(6-8-19)22(29)16-27-12-10-25(11-13-27)15-21(28)20-14-17(2)4-9-23(20)31-25/h4-9,14,21-22,28-29H,3,10-13,15-16H2,1-2H3,(H,26,30)/t21-,22+/m0/s1. The third-order valence-electron chi connectivity index (χ3n) is 6.51. The maximum absolute atomic E-state index is 11.5. The van der Waals surface area contributed by atoms with E-state index in [1.54, 1.807) is 0 Å². The van der Waals surface area contributed by atoms with Crippen LogP contribution < -0.4 is 10.1 Å². The quantitative estimate of drug-likeness (QED) is 0.681. The van der Waals surface area contributed by atoms with E-state index < -0.39 is 12.2 Å².